The lowest BCUT2D eigenvalue weighted by molar-refractivity contribution is 0.161. The molecule has 0 aliphatic rings. The van der Waals surface area contributed by atoms with Gasteiger partial charge in [-0.25, -0.2) is 0 Å². The summed E-state index contributed by atoms with van der Waals surface area (Å²) in [6.45, 7) is 4.43. The zero-order valence-electron chi connectivity index (χ0n) is 11.8. The van der Waals surface area contributed by atoms with Crippen molar-refractivity contribution in [2.45, 2.75) is 38.8 Å². The van der Waals surface area contributed by atoms with Crippen LogP contribution in [0.25, 0.3) is 0 Å². The lowest BCUT2D eigenvalue weighted by atomic mass is 10.1. The molecular formula is C13H26N4O. The van der Waals surface area contributed by atoms with Crippen LogP contribution in [0.5, 0.6) is 0 Å². The van der Waals surface area contributed by atoms with Crippen molar-refractivity contribution in [1.29, 1.82) is 0 Å². The molecule has 0 spiro atoms. The van der Waals surface area contributed by atoms with Gasteiger partial charge in [0.15, 0.2) is 0 Å². The molecular weight excluding hydrogens is 228 g/mol. The molecule has 0 fully saturated rings. The van der Waals surface area contributed by atoms with Crippen molar-refractivity contribution in [2.75, 3.05) is 20.3 Å². The van der Waals surface area contributed by atoms with E-state index < -0.39 is 0 Å². The number of methoxy groups -OCH3 is 1. The van der Waals surface area contributed by atoms with Gasteiger partial charge in [0.05, 0.1) is 12.3 Å². The number of aryl methyl sites for hydroxylation is 2. The molecule has 0 aliphatic heterocycles. The Kier molecular flexibility index (Phi) is 6.93. The molecule has 1 heterocycles. The number of ether oxygens (including phenoxy) is 1. The van der Waals surface area contributed by atoms with Gasteiger partial charge in [0.2, 0.25) is 0 Å². The van der Waals surface area contributed by atoms with Crippen molar-refractivity contribution in [3.05, 3.63) is 17.5 Å². The van der Waals surface area contributed by atoms with E-state index in [4.69, 9.17) is 10.5 Å². The molecule has 0 amide bonds. The second-order valence-electron chi connectivity index (χ2n) is 4.59. The maximum Gasteiger partial charge on any atom is 0.0666 e. The van der Waals surface area contributed by atoms with Crippen molar-refractivity contribution < 1.29 is 4.74 Å². The number of nitrogens with zero attached hydrogens (tertiary/aromatic N) is 2. The molecule has 0 bridgehead atoms. The molecule has 104 valence electrons. The Morgan fingerprint density at radius 3 is 2.94 bits per heavy atom. The molecule has 1 rings (SSSR count). The molecule has 5 heteroatoms. The summed E-state index contributed by atoms with van der Waals surface area (Å²) in [4.78, 5) is 0. The number of nitrogens with two attached hydrogens (primary N) is 1. The average Bonchev–Trinajstić information content (AvgIpc) is 2.73. The SMILES string of the molecule is CCc1nn(C)cc1CNC(CCCN)COC. The first-order valence-electron chi connectivity index (χ1n) is 6.65. The zero-order valence-corrected chi connectivity index (χ0v) is 11.8. The minimum Gasteiger partial charge on any atom is -0.383 e. The Balaban J connectivity index is 2.49. The van der Waals surface area contributed by atoms with Crippen LogP contribution in [0.15, 0.2) is 6.20 Å². The minimum absolute atomic E-state index is 0.364. The first-order chi connectivity index (χ1) is 8.71. The van der Waals surface area contributed by atoms with E-state index in [0.717, 1.165) is 39.0 Å². The summed E-state index contributed by atoms with van der Waals surface area (Å²) < 4.78 is 7.10. The number of hydrogen-bond acceptors (Lipinski definition) is 4. The van der Waals surface area contributed by atoms with E-state index in [-0.39, 0.29) is 0 Å². The van der Waals surface area contributed by atoms with Gasteiger partial charge in [0.25, 0.3) is 0 Å². The molecule has 0 aromatic carbocycles. The van der Waals surface area contributed by atoms with Gasteiger partial charge in [-0.3, -0.25) is 4.68 Å². The fourth-order valence-corrected chi connectivity index (χ4v) is 2.09. The van der Waals surface area contributed by atoms with Gasteiger partial charge in [-0.15, -0.1) is 0 Å². The van der Waals surface area contributed by atoms with Crippen LogP contribution in [0.4, 0.5) is 0 Å². The van der Waals surface area contributed by atoms with Crippen LogP contribution in [0.2, 0.25) is 0 Å². The molecule has 18 heavy (non-hydrogen) atoms. The number of rotatable bonds is 9. The van der Waals surface area contributed by atoms with Crippen molar-refractivity contribution in [2.24, 2.45) is 12.8 Å². The average molecular weight is 254 g/mol. The molecule has 1 aromatic rings. The van der Waals surface area contributed by atoms with E-state index in [1.807, 2.05) is 11.7 Å². The Hall–Kier alpha value is -0.910. The topological polar surface area (TPSA) is 65.1 Å². The quantitative estimate of drug-likeness (QED) is 0.685. The summed E-state index contributed by atoms with van der Waals surface area (Å²) >= 11 is 0. The van der Waals surface area contributed by atoms with Crippen LogP contribution >= 0.6 is 0 Å². The lowest BCUT2D eigenvalue weighted by Gasteiger charge is -2.17. The van der Waals surface area contributed by atoms with Crippen LogP contribution in [0.1, 0.15) is 31.0 Å². The second kappa shape index (κ2) is 8.24. The Morgan fingerprint density at radius 2 is 2.33 bits per heavy atom. The first-order valence-corrected chi connectivity index (χ1v) is 6.65. The van der Waals surface area contributed by atoms with Gasteiger partial charge >= 0.3 is 0 Å². The molecule has 0 aliphatic carbocycles. The summed E-state index contributed by atoms with van der Waals surface area (Å²) in [6, 6.07) is 0.364. The summed E-state index contributed by atoms with van der Waals surface area (Å²) in [5, 5.41) is 7.97. The smallest absolute Gasteiger partial charge is 0.0666 e. The van der Waals surface area contributed by atoms with Crippen LogP contribution in [0.3, 0.4) is 0 Å². The normalized spacial score (nSPS) is 12.9. The van der Waals surface area contributed by atoms with Crippen molar-refractivity contribution >= 4 is 0 Å². The van der Waals surface area contributed by atoms with Crippen molar-refractivity contribution in [3.8, 4) is 0 Å². The third-order valence-electron chi connectivity index (χ3n) is 3.03. The summed E-state index contributed by atoms with van der Waals surface area (Å²) in [6.07, 6.45) is 5.12. The van der Waals surface area contributed by atoms with E-state index >= 15 is 0 Å². The van der Waals surface area contributed by atoms with E-state index in [1.165, 1.54) is 11.3 Å². The number of aromatic nitrogens is 2. The standard InChI is InChI=1S/C13H26N4O/c1-4-13-11(9-17(2)16-13)8-15-12(10-18-3)6-5-7-14/h9,12,15H,4-8,10,14H2,1-3H3. The van der Waals surface area contributed by atoms with Crippen LogP contribution < -0.4 is 11.1 Å². The highest BCUT2D eigenvalue weighted by atomic mass is 16.5. The molecule has 0 saturated carbocycles. The number of nitrogens with one attached hydrogen (secondary N) is 1. The van der Waals surface area contributed by atoms with Gasteiger partial charge in [-0.05, 0) is 25.8 Å². The maximum absolute atomic E-state index is 5.55. The fraction of sp³-hybridized carbons (Fsp3) is 0.769. The Bertz CT molecular complexity index is 338. The maximum atomic E-state index is 5.55. The van der Waals surface area contributed by atoms with Crippen LogP contribution in [0, 0.1) is 0 Å². The molecule has 0 radical (unpaired) electrons. The van der Waals surface area contributed by atoms with Gasteiger partial charge in [0.1, 0.15) is 0 Å². The molecule has 3 N–H and O–H groups in total. The monoisotopic (exact) mass is 254 g/mol. The highest BCUT2D eigenvalue weighted by Gasteiger charge is 2.10. The first kappa shape index (κ1) is 15.1. The van der Waals surface area contributed by atoms with Gasteiger partial charge < -0.3 is 15.8 Å². The fourth-order valence-electron chi connectivity index (χ4n) is 2.09. The highest BCUT2D eigenvalue weighted by Crippen LogP contribution is 2.08. The number of hydrogen-bond donors (Lipinski definition) is 2. The largest absolute Gasteiger partial charge is 0.383 e. The lowest BCUT2D eigenvalue weighted by Crippen LogP contribution is -2.33. The summed E-state index contributed by atoms with van der Waals surface area (Å²) in [7, 11) is 3.70. The van der Waals surface area contributed by atoms with E-state index in [1.54, 1.807) is 7.11 Å². The van der Waals surface area contributed by atoms with E-state index in [9.17, 15) is 0 Å². The predicted molar refractivity (Wildman–Crippen MR) is 73.4 cm³/mol. The van der Waals surface area contributed by atoms with E-state index in [0.29, 0.717) is 6.04 Å². The molecule has 5 nitrogen and oxygen atoms in total. The third-order valence-corrected chi connectivity index (χ3v) is 3.03. The van der Waals surface area contributed by atoms with Crippen molar-refractivity contribution in [1.82, 2.24) is 15.1 Å². The molecule has 1 atom stereocenters. The zero-order chi connectivity index (χ0) is 13.4. The van der Waals surface area contributed by atoms with E-state index in [2.05, 4.69) is 23.5 Å². The van der Waals surface area contributed by atoms with Crippen LogP contribution in [-0.4, -0.2) is 36.1 Å². The van der Waals surface area contributed by atoms with Gasteiger partial charge in [-0.2, -0.15) is 5.10 Å². The van der Waals surface area contributed by atoms with Gasteiger partial charge in [-0.1, -0.05) is 6.92 Å². The molecule has 1 unspecified atom stereocenters. The summed E-state index contributed by atoms with van der Waals surface area (Å²) in [5.41, 5.74) is 7.99. The summed E-state index contributed by atoms with van der Waals surface area (Å²) in [5.74, 6) is 0. The second-order valence-corrected chi connectivity index (χ2v) is 4.59. The Labute approximate surface area is 110 Å². The predicted octanol–water partition coefficient (Wildman–Crippen LogP) is 0.826. The molecule has 1 aromatic heterocycles. The minimum atomic E-state index is 0.364. The third kappa shape index (κ3) is 4.76. The highest BCUT2D eigenvalue weighted by molar-refractivity contribution is 5.16. The molecule has 0 saturated heterocycles. The Morgan fingerprint density at radius 1 is 1.56 bits per heavy atom. The van der Waals surface area contributed by atoms with Crippen LogP contribution in [-0.2, 0) is 24.8 Å². The van der Waals surface area contributed by atoms with Crippen molar-refractivity contribution in [3.63, 3.8) is 0 Å². The van der Waals surface area contributed by atoms with Gasteiger partial charge in [0, 0.05) is 38.5 Å².